The van der Waals surface area contributed by atoms with E-state index < -0.39 is 0 Å². The summed E-state index contributed by atoms with van der Waals surface area (Å²) in [6.45, 7) is 3.68. The van der Waals surface area contributed by atoms with Gasteiger partial charge in [0.1, 0.15) is 5.76 Å². The number of halogens is 1. The van der Waals surface area contributed by atoms with E-state index in [2.05, 4.69) is 15.9 Å². The zero-order chi connectivity index (χ0) is 11.5. The van der Waals surface area contributed by atoms with Crippen molar-refractivity contribution < 1.29 is 13.9 Å². The standard InChI is InChI=1S/C11H14BrNO3/c1-8-10(2-4-15-8)11(14)13-3-5-16-9(6-12)7-13/h2,4,9H,3,5-7H2,1H3. The number of hydrogen-bond donors (Lipinski definition) is 0. The van der Waals surface area contributed by atoms with Crippen LogP contribution in [0.5, 0.6) is 0 Å². The minimum absolute atomic E-state index is 0.0282. The molecule has 0 aromatic carbocycles. The summed E-state index contributed by atoms with van der Waals surface area (Å²) in [4.78, 5) is 14.0. The molecular weight excluding hydrogens is 274 g/mol. The van der Waals surface area contributed by atoms with Gasteiger partial charge < -0.3 is 14.1 Å². The zero-order valence-corrected chi connectivity index (χ0v) is 10.7. The smallest absolute Gasteiger partial charge is 0.257 e. The summed E-state index contributed by atoms with van der Waals surface area (Å²) in [7, 11) is 0. The van der Waals surface area contributed by atoms with E-state index in [0.717, 1.165) is 5.33 Å². The lowest BCUT2D eigenvalue weighted by Crippen LogP contribution is -2.46. The number of morpholine rings is 1. The molecule has 1 unspecified atom stereocenters. The van der Waals surface area contributed by atoms with Crippen molar-refractivity contribution in [2.75, 3.05) is 25.0 Å². The Labute approximate surface area is 103 Å². The molecule has 2 rings (SSSR count). The number of alkyl halides is 1. The van der Waals surface area contributed by atoms with Gasteiger partial charge in [-0.2, -0.15) is 0 Å². The van der Waals surface area contributed by atoms with Crippen LogP contribution >= 0.6 is 15.9 Å². The third kappa shape index (κ3) is 2.30. The number of hydrogen-bond acceptors (Lipinski definition) is 3. The van der Waals surface area contributed by atoms with Crippen LogP contribution in [0.15, 0.2) is 16.7 Å². The highest BCUT2D eigenvalue weighted by atomic mass is 79.9. The van der Waals surface area contributed by atoms with E-state index in [1.807, 2.05) is 4.90 Å². The molecule has 1 aliphatic rings. The molecular formula is C11H14BrNO3. The first kappa shape index (κ1) is 11.7. The Morgan fingerprint density at radius 1 is 1.69 bits per heavy atom. The van der Waals surface area contributed by atoms with Gasteiger partial charge in [0.2, 0.25) is 0 Å². The number of carbonyl (C=O) groups is 1. The molecule has 2 heterocycles. The molecule has 0 bridgehead atoms. The van der Waals surface area contributed by atoms with Gasteiger partial charge in [-0.25, -0.2) is 0 Å². The van der Waals surface area contributed by atoms with Crippen molar-refractivity contribution in [1.29, 1.82) is 0 Å². The quantitative estimate of drug-likeness (QED) is 0.780. The van der Waals surface area contributed by atoms with Crippen molar-refractivity contribution in [3.05, 3.63) is 23.7 Å². The second-order valence-corrected chi connectivity index (χ2v) is 4.44. The van der Waals surface area contributed by atoms with E-state index in [-0.39, 0.29) is 12.0 Å². The third-order valence-electron chi connectivity index (χ3n) is 2.69. The average molecular weight is 288 g/mol. The summed E-state index contributed by atoms with van der Waals surface area (Å²) in [6, 6.07) is 1.72. The highest BCUT2D eigenvalue weighted by Crippen LogP contribution is 2.15. The number of aryl methyl sites for hydroxylation is 1. The molecule has 1 saturated heterocycles. The lowest BCUT2D eigenvalue weighted by atomic mass is 10.2. The first-order chi connectivity index (χ1) is 7.72. The van der Waals surface area contributed by atoms with Crippen molar-refractivity contribution in [2.24, 2.45) is 0 Å². The molecule has 1 aliphatic heterocycles. The van der Waals surface area contributed by atoms with Crippen LogP contribution < -0.4 is 0 Å². The third-order valence-corrected chi connectivity index (χ3v) is 3.41. The molecule has 1 fully saturated rings. The molecule has 0 spiro atoms. The fraction of sp³-hybridized carbons (Fsp3) is 0.545. The lowest BCUT2D eigenvalue weighted by molar-refractivity contribution is -0.00971. The van der Waals surface area contributed by atoms with Crippen molar-refractivity contribution >= 4 is 21.8 Å². The summed E-state index contributed by atoms with van der Waals surface area (Å²) in [5, 5.41) is 0.751. The van der Waals surface area contributed by atoms with Gasteiger partial charge >= 0.3 is 0 Å². The normalized spacial score (nSPS) is 21.1. The predicted molar refractivity (Wildman–Crippen MR) is 62.9 cm³/mol. The topological polar surface area (TPSA) is 42.7 Å². The Morgan fingerprint density at radius 3 is 3.12 bits per heavy atom. The molecule has 1 aromatic heterocycles. The summed E-state index contributed by atoms with van der Waals surface area (Å²) in [5.74, 6) is 0.701. The molecule has 0 saturated carbocycles. The van der Waals surface area contributed by atoms with Crippen LogP contribution in [-0.2, 0) is 4.74 Å². The Hall–Kier alpha value is -0.810. The maximum atomic E-state index is 12.1. The predicted octanol–water partition coefficient (Wildman–Crippen LogP) is 1.82. The molecule has 16 heavy (non-hydrogen) atoms. The zero-order valence-electron chi connectivity index (χ0n) is 9.11. The Morgan fingerprint density at radius 2 is 2.50 bits per heavy atom. The van der Waals surface area contributed by atoms with Gasteiger partial charge in [0.25, 0.3) is 5.91 Å². The van der Waals surface area contributed by atoms with Crippen molar-refractivity contribution in [3.8, 4) is 0 Å². The second kappa shape index (κ2) is 5.01. The number of furan rings is 1. The van der Waals surface area contributed by atoms with Crippen LogP contribution in [0.2, 0.25) is 0 Å². The van der Waals surface area contributed by atoms with Gasteiger partial charge in [0.15, 0.2) is 0 Å². The molecule has 0 aliphatic carbocycles. The molecule has 5 heteroatoms. The first-order valence-corrected chi connectivity index (χ1v) is 6.35. The van der Waals surface area contributed by atoms with E-state index in [1.54, 1.807) is 19.3 Å². The van der Waals surface area contributed by atoms with Crippen LogP contribution in [0.3, 0.4) is 0 Å². The molecule has 1 amide bonds. The fourth-order valence-electron chi connectivity index (χ4n) is 1.77. The molecule has 4 nitrogen and oxygen atoms in total. The monoisotopic (exact) mass is 287 g/mol. The Balaban J connectivity index is 2.07. The fourth-order valence-corrected chi connectivity index (χ4v) is 2.17. The van der Waals surface area contributed by atoms with E-state index in [0.29, 0.717) is 31.0 Å². The number of ether oxygens (including phenoxy) is 1. The van der Waals surface area contributed by atoms with Crippen LogP contribution in [0.1, 0.15) is 16.1 Å². The molecule has 0 radical (unpaired) electrons. The minimum atomic E-state index is 0.0282. The number of carbonyl (C=O) groups excluding carboxylic acids is 1. The van der Waals surface area contributed by atoms with Gasteiger partial charge in [0, 0.05) is 18.4 Å². The number of rotatable bonds is 2. The van der Waals surface area contributed by atoms with Crippen LogP contribution in [0.4, 0.5) is 0 Å². The lowest BCUT2D eigenvalue weighted by Gasteiger charge is -2.32. The highest BCUT2D eigenvalue weighted by Gasteiger charge is 2.25. The molecule has 0 N–H and O–H groups in total. The van der Waals surface area contributed by atoms with Crippen LogP contribution in [0, 0.1) is 6.92 Å². The average Bonchev–Trinajstić information content (AvgIpc) is 2.74. The minimum Gasteiger partial charge on any atom is -0.469 e. The van der Waals surface area contributed by atoms with Gasteiger partial charge in [0.05, 0.1) is 24.5 Å². The van der Waals surface area contributed by atoms with E-state index in [4.69, 9.17) is 9.15 Å². The summed E-state index contributed by atoms with van der Waals surface area (Å²) >= 11 is 3.37. The highest BCUT2D eigenvalue weighted by molar-refractivity contribution is 9.09. The second-order valence-electron chi connectivity index (χ2n) is 3.79. The largest absolute Gasteiger partial charge is 0.469 e. The maximum Gasteiger partial charge on any atom is 0.257 e. The van der Waals surface area contributed by atoms with Gasteiger partial charge in [-0.05, 0) is 13.0 Å². The van der Waals surface area contributed by atoms with Crippen molar-refractivity contribution in [3.63, 3.8) is 0 Å². The van der Waals surface area contributed by atoms with Crippen LogP contribution in [-0.4, -0.2) is 41.9 Å². The van der Waals surface area contributed by atoms with E-state index >= 15 is 0 Å². The summed E-state index contributed by atoms with van der Waals surface area (Å²) in [5.41, 5.74) is 0.648. The Bertz CT molecular complexity index is 377. The van der Waals surface area contributed by atoms with Crippen molar-refractivity contribution in [1.82, 2.24) is 4.90 Å². The molecule has 1 aromatic rings. The van der Waals surface area contributed by atoms with E-state index in [1.165, 1.54) is 0 Å². The van der Waals surface area contributed by atoms with Gasteiger partial charge in [-0.15, -0.1) is 0 Å². The Kier molecular flexibility index (Phi) is 3.66. The van der Waals surface area contributed by atoms with Gasteiger partial charge in [-0.3, -0.25) is 4.79 Å². The van der Waals surface area contributed by atoms with Crippen molar-refractivity contribution in [2.45, 2.75) is 13.0 Å². The number of nitrogens with zero attached hydrogens (tertiary/aromatic N) is 1. The summed E-state index contributed by atoms with van der Waals surface area (Å²) in [6.07, 6.45) is 1.63. The first-order valence-electron chi connectivity index (χ1n) is 5.23. The SMILES string of the molecule is Cc1occc1C(=O)N1CCOC(CBr)C1. The molecule has 88 valence electrons. The summed E-state index contributed by atoms with van der Waals surface area (Å²) < 4.78 is 10.6. The number of amides is 1. The van der Waals surface area contributed by atoms with Gasteiger partial charge in [-0.1, -0.05) is 15.9 Å². The van der Waals surface area contributed by atoms with Crippen LogP contribution in [0.25, 0.3) is 0 Å². The van der Waals surface area contributed by atoms with E-state index in [9.17, 15) is 4.79 Å². The maximum absolute atomic E-state index is 12.1. The molecule has 1 atom stereocenters.